The fourth-order valence-electron chi connectivity index (χ4n) is 1.89. The summed E-state index contributed by atoms with van der Waals surface area (Å²) >= 11 is 0. The third kappa shape index (κ3) is 6.27. The molecule has 1 aromatic rings. The topological polar surface area (TPSA) is 227 Å². The fourth-order valence-corrected chi connectivity index (χ4v) is 1.89. The van der Waals surface area contributed by atoms with Gasteiger partial charge in [0, 0.05) is 6.42 Å². The first-order valence-corrected chi connectivity index (χ1v) is 7.61. The first-order valence-electron chi connectivity index (χ1n) is 7.61. The molecule has 0 bridgehead atoms. The highest BCUT2D eigenvalue weighted by atomic mass is 16.5. The number of aliphatic carboxylic acids is 1. The summed E-state index contributed by atoms with van der Waals surface area (Å²) in [5.74, 6) is -2.19. The number of carbonyl (C=O) groups excluding carboxylic acids is 2. The number of hydrogen-bond donors (Lipinski definition) is 7. The van der Waals surface area contributed by atoms with Crippen LogP contribution < -0.4 is 22.1 Å². The summed E-state index contributed by atoms with van der Waals surface area (Å²) in [7, 11) is 0. The van der Waals surface area contributed by atoms with Gasteiger partial charge in [0.05, 0.1) is 18.8 Å². The summed E-state index contributed by atoms with van der Waals surface area (Å²) < 4.78 is 4.97. The van der Waals surface area contributed by atoms with Crippen LogP contribution in [0.15, 0.2) is 4.52 Å². The Bertz CT molecular complexity index is 634. The zero-order valence-corrected chi connectivity index (χ0v) is 14.0. The van der Waals surface area contributed by atoms with Gasteiger partial charge in [0.25, 0.3) is 0 Å². The van der Waals surface area contributed by atoms with E-state index in [9.17, 15) is 19.5 Å². The summed E-state index contributed by atoms with van der Waals surface area (Å²) in [6, 6.07) is -4.37. The quantitative estimate of drug-likeness (QED) is 0.228. The zero-order valence-electron chi connectivity index (χ0n) is 14.0. The van der Waals surface area contributed by atoms with Crippen molar-refractivity contribution in [3.05, 3.63) is 11.7 Å². The molecule has 26 heavy (non-hydrogen) atoms. The van der Waals surface area contributed by atoms with E-state index in [0.29, 0.717) is 0 Å². The van der Waals surface area contributed by atoms with E-state index >= 15 is 0 Å². The average molecular weight is 374 g/mol. The van der Waals surface area contributed by atoms with Gasteiger partial charge in [0.15, 0.2) is 11.9 Å². The Morgan fingerprint density at radius 1 is 1.31 bits per heavy atom. The zero-order chi connectivity index (χ0) is 19.9. The molecule has 1 aromatic heterocycles. The highest BCUT2D eigenvalue weighted by Gasteiger charge is 2.28. The van der Waals surface area contributed by atoms with Crippen LogP contribution in [-0.2, 0) is 9.59 Å². The third-order valence-corrected chi connectivity index (χ3v) is 3.30. The maximum absolute atomic E-state index is 12.0. The molecule has 146 valence electrons. The van der Waals surface area contributed by atoms with Crippen molar-refractivity contribution in [2.45, 2.75) is 44.0 Å². The van der Waals surface area contributed by atoms with E-state index in [1.807, 2.05) is 0 Å². The second-order valence-corrected chi connectivity index (χ2v) is 5.51. The minimum Gasteiger partial charge on any atom is -0.480 e. The van der Waals surface area contributed by atoms with Gasteiger partial charge in [0.1, 0.15) is 6.04 Å². The average Bonchev–Trinajstić information content (AvgIpc) is 3.04. The maximum atomic E-state index is 12.0. The van der Waals surface area contributed by atoms with E-state index in [2.05, 4.69) is 20.8 Å². The predicted molar refractivity (Wildman–Crippen MR) is 84.3 cm³/mol. The Morgan fingerprint density at radius 2 is 1.96 bits per heavy atom. The largest absolute Gasteiger partial charge is 0.480 e. The summed E-state index contributed by atoms with van der Waals surface area (Å²) in [5, 5.41) is 35.4. The second kappa shape index (κ2) is 9.65. The van der Waals surface area contributed by atoms with E-state index < -0.39 is 48.7 Å². The van der Waals surface area contributed by atoms with Crippen molar-refractivity contribution in [1.29, 1.82) is 0 Å². The van der Waals surface area contributed by atoms with E-state index in [1.165, 1.54) is 6.92 Å². The lowest BCUT2D eigenvalue weighted by molar-refractivity contribution is -0.141. The van der Waals surface area contributed by atoms with Crippen LogP contribution in [0.4, 0.5) is 4.79 Å². The Balaban J connectivity index is 2.89. The SMILES string of the molecule is CC(O)C(NC(=O)NC(CCC(N)=O)c1nc(C(N)CO)no1)C(=O)O. The number of aromatic nitrogens is 2. The highest BCUT2D eigenvalue weighted by Crippen LogP contribution is 2.18. The number of carbonyl (C=O) groups is 3. The number of carboxylic acids is 1. The van der Waals surface area contributed by atoms with Gasteiger partial charge in [-0.05, 0) is 13.3 Å². The molecule has 0 saturated carbocycles. The minimum absolute atomic E-state index is 0.00876. The Hall–Kier alpha value is -2.77. The first kappa shape index (κ1) is 21.3. The number of primary amides is 1. The number of nitrogens with one attached hydrogen (secondary N) is 2. The fraction of sp³-hybridized carbons (Fsp3) is 0.615. The monoisotopic (exact) mass is 374 g/mol. The van der Waals surface area contributed by atoms with Gasteiger partial charge in [-0.3, -0.25) is 4.79 Å². The van der Waals surface area contributed by atoms with Crippen molar-refractivity contribution in [3.8, 4) is 0 Å². The van der Waals surface area contributed by atoms with Crippen LogP contribution in [0, 0.1) is 0 Å². The van der Waals surface area contributed by atoms with Gasteiger partial charge in [-0.15, -0.1) is 0 Å². The van der Waals surface area contributed by atoms with Gasteiger partial charge >= 0.3 is 12.0 Å². The Labute approximate surface area is 147 Å². The van der Waals surface area contributed by atoms with Crippen LogP contribution in [0.25, 0.3) is 0 Å². The van der Waals surface area contributed by atoms with Crippen LogP contribution >= 0.6 is 0 Å². The number of hydrogen-bond acceptors (Lipinski definition) is 9. The lowest BCUT2D eigenvalue weighted by Crippen LogP contribution is -2.51. The van der Waals surface area contributed by atoms with Crippen molar-refractivity contribution in [2.24, 2.45) is 11.5 Å². The normalized spacial score (nSPS) is 15.5. The summed E-state index contributed by atoms with van der Waals surface area (Å²) in [5.41, 5.74) is 10.6. The standard InChI is InChI=1S/C13H22N6O7/c1-5(21)9(12(23)24)17-13(25)16-7(2-3-8(15)22)11-18-10(19-26-11)6(14)4-20/h5-7,9,20-21H,2-4,14H2,1H3,(H2,15,22)(H,23,24)(H2,16,17,25). The van der Waals surface area contributed by atoms with Crippen molar-refractivity contribution in [1.82, 2.24) is 20.8 Å². The van der Waals surface area contributed by atoms with Crippen LogP contribution in [0.2, 0.25) is 0 Å². The maximum Gasteiger partial charge on any atom is 0.328 e. The molecular formula is C13H22N6O7. The molecule has 9 N–H and O–H groups in total. The summed E-state index contributed by atoms with van der Waals surface area (Å²) in [6.45, 7) is 0.762. The van der Waals surface area contributed by atoms with Gasteiger partial charge in [-0.25, -0.2) is 9.59 Å². The molecule has 0 spiro atoms. The minimum atomic E-state index is -1.55. The van der Waals surface area contributed by atoms with Gasteiger partial charge in [-0.2, -0.15) is 4.98 Å². The molecule has 3 amide bonds. The summed E-state index contributed by atoms with van der Waals surface area (Å²) in [4.78, 5) is 38.0. The molecule has 0 aromatic carbocycles. The highest BCUT2D eigenvalue weighted by molar-refractivity contribution is 5.83. The molecule has 0 saturated heterocycles. The van der Waals surface area contributed by atoms with E-state index in [-0.39, 0.29) is 24.6 Å². The van der Waals surface area contributed by atoms with Crippen LogP contribution in [0.5, 0.6) is 0 Å². The second-order valence-electron chi connectivity index (χ2n) is 5.51. The van der Waals surface area contributed by atoms with E-state index in [0.717, 1.165) is 0 Å². The van der Waals surface area contributed by atoms with Crippen molar-refractivity contribution in [2.75, 3.05) is 6.61 Å². The molecule has 0 aliphatic carbocycles. The van der Waals surface area contributed by atoms with E-state index in [4.69, 9.17) is 26.2 Å². The number of rotatable bonds is 10. The number of urea groups is 1. The molecule has 13 nitrogen and oxygen atoms in total. The van der Waals surface area contributed by atoms with E-state index in [1.54, 1.807) is 0 Å². The number of aliphatic hydroxyl groups excluding tert-OH is 2. The lowest BCUT2D eigenvalue weighted by Gasteiger charge is -2.20. The first-order chi connectivity index (χ1) is 12.1. The number of aliphatic hydroxyl groups is 2. The molecule has 4 atom stereocenters. The molecular weight excluding hydrogens is 352 g/mol. The molecule has 0 aliphatic heterocycles. The van der Waals surface area contributed by atoms with Crippen molar-refractivity contribution in [3.63, 3.8) is 0 Å². The van der Waals surface area contributed by atoms with Crippen LogP contribution in [-0.4, -0.2) is 62.1 Å². The van der Waals surface area contributed by atoms with Crippen LogP contribution in [0.1, 0.15) is 43.6 Å². The molecule has 4 unspecified atom stereocenters. The Kier molecular flexibility index (Phi) is 7.89. The van der Waals surface area contributed by atoms with Gasteiger partial charge < -0.3 is 41.9 Å². The number of nitrogens with two attached hydrogens (primary N) is 2. The lowest BCUT2D eigenvalue weighted by atomic mass is 10.1. The van der Waals surface area contributed by atoms with Gasteiger partial charge in [-0.1, -0.05) is 5.16 Å². The molecule has 13 heteroatoms. The molecule has 1 rings (SSSR count). The number of carboxylic acid groups (broad SMARTS) is 1. The molecule has 0 aliphatic rings. The third-order valence-electron chi connectivity index (χ3n) is 3.30. The molecule has 0 fully saturated rings. The summed E-state index contributed by atoms with van der Waals surface area (Å²) in [6.07, 6.45) is -1.49. The number of nitrogens with zero attached hydrogens (tertiary/aromatic N) is 2. The van der Waals surface area contributed by atoms with Crippen molar-refractivity contribution < 1.29 is 34.2 Å². The van der Waals surface area contributed by atoms with Crippen LogP contribution in [0.3, 0.4) is 0 Å². The van der Waals surface area contributed by atoms with Crippen molar-refractivity contribution >= 4 is 17.9 Å². The molecule has 0 radical (unpaired) electrons. The Morgan fingerprint density at radius 3 is 2.46 bits per heavy atom. The number of amides is 3. The van der Waals surface area contributed by atoms with Gasteiger partial charge in [0.2, 0.25) is 11.8 Å². The smallest absolute Gasteiger partial charge is 0.328 e. The predicted octanol–water partition coefficient (Wildman–Crippen LogP) is -2.50. The molecule has 1 heterocycles.